The van der Waals surface area contributed by atoms with E-state index in [1.54, 1.807) is 17.0 Å². The number of amides is 4. The van der Waals surface area contributed by atoms with E-state index in [1.165, 1.54) is 18.2 Å². The summed E-state index contributed by atoms with van der Waals surface area (Å²) >= 11 is 0. The zero-order chi connectivity index (χ0) is 18.2. The molecule has 0 bridgehead atoms. The number of ether oxygens (including phenoxy) is 1. The van der Waals surface area contributed by atoms with E-state index in [1.807, 2.05) is 5.32 Å². The van der Waals surface area contributed by atoms with Crippen LogP contribution in [-0.2, 0) is 14.3 Å². The minimum absolute atomic E-state index is 0.0572. The van der Waals surface area contributed by atoms with Crippen LogP contribution in [0.25, 0.3) is 0 Å². The number of rotatable bonds is 6. The van der Waals surface area contributed by atoms with Gasteiger partial charge in [-0.2, -0.15) is 0 Å². The Morgan fingerprint density at radius 1 is 1.24 bits per heavy atom. The van der Waals surface area contributed by atoms with Crippen LogP contribution in [0.1, 0.15) is 23.2 Å². The summed E-state index contributed by atoms with van der Waals surface area (Å²) in [7, 11) is 0. The number of esters is 1. The molecule has 1 heterocycles. The first-order valence-corrected chi connectivity index (χ1v) is 7.77. The number of urea groups is 1. The van der Waals surface area contributed by atoms with Gasteiger partial charge in [-0.3, -0.25) is 14.9 Å². The van der Waals surface area contributed by atoms with Crippen LogP contribution < -0.4 is 15.5 Å². The maximum Gasteiger partial charge on any atom is 0.338 e. The Bertz CT molecular complexity index is 684. The lowest BCUT2D eigenvalue weighted by Crippen LogP contribution is -2.41. The molecule has 1 saturated heterocycles. The predicted molar refractivity (Wildman–Crippen MR) is 90.0 cm³/mol. The Morgan fingerprint density at radius 2 is 1.96 bits per heavy atom. The number of nitrogens with one attached hydrogen (secondary N) is 2. The van der Waals surface area contributed by atoms with Crippen LogP contribution >= 0.6 is 0 Å². The van der Waals surface area contributed by atoms with Crippen LogP contribution in [0.4, 0.5) is 10.5 Å². The van der Waals surface area contributed by atoms with Crippen molar-refractivity contribution in [1.29, 1.82) is 0 Å². The van der Waals surface area contributed by atoms with E-state index in [9.17, 15) is 19.2 Å². The lowest BCUT2D eigenvalue weighted by Gasteiger charge is -2.15. The molecule has 0 spiro atoms. The minimum atomic E-state index is -0.741. The van der Waals surface area contributed by atoms with Gasteiger partial charge in [0.2, 0.25) is 5.91 Å². The first kappa shape index (κ1) is 18.2. The highest BCUT2D eigenvalue weighted by atomic mass is 16.5. The molecule has 0 saturated carbocycles. The SMILES string of the molecule is C=CCNC(=O)NC(=O)COC(=O)c1ccc(N2CCCC2=O)cc1. The highest BCUT2D eigenvalue weighted by molar-refractivity contribution is 5.98. The predicted octanol–water partition coefficient (Wildman–Crippen LogP) is 0.982. The van der Waals surface area contributed by atoms with Crippen molar-refractivity contribution in [2.75, 3.05) is 24.6 Å². The molecule has 8 nitrogen and oxygen atoms in total. The molecule has 0 radical (unpaired) electrons. The molecule has 1 aromatic carbocycles. The van der Waals surface area contributed by atoms with Gasteiger partial charge in [-0.1, -0.05) is 6.08 Å². The number of nitrogens with zero attached hydrogens (tertiary/aromatic N) is 1. The highest BCUT2D eigenvalue weighted by Gasteiger charge is 2.22. The summed E-state index contributed by atoms with van der Waals surface area (Å²) in [5.74, 6) is -1.38. The van der Waals surface area contributed by atoms with Crippen molar-refractivity contribution in [2.45, 2.75) is 12.8 Å². The molecule has 0 unspecified atom stereocenters. The highest BCUT2D eigenvalue weighted by Crippen LogP contribution is 2.21. The molecule has 132 valence electrons. The zero-order valence-corrected chi connectivity index (χ0v) is 13.6. The second-order valence-electron chi connectivity index (χ2n) is 5.32. The molecule has 0 aromatic heterocycles. The molecule has 2 rings (SSSR count). The maximum atomic E-state index is 11.9. The number of anilines is 1. The fourth-order valence-electron chi connectivity index (χ4n) is 2.28. The number of hydrogen-bond acceptors (Lipinski definition) is 5. The van der Waals surface area contributed by atoms with Gasteiger partial charge in [-0.15, -0.1) is 6.58 Å². The van der Waals surface area contributed by atoms with E-state index in [-0.39, 0.29) is 18.0 Å². The Labute approximate surface area is 144 Å². The van der Waals surface area contributed by atoms with Gasteiger partial charge >= 0.3 is 12.0 Å². The van der Waals surface area contributed by atoms with Gasteiger partial charge in [0, 0.05) is 25.2 Å². The first-order valence-electron chi connectivity index (χ1n) is 7.77. The standard InChI is InChI=1S/C17H19N3O5/c1-2-9-18-17(24)19-14(21)11-25-16(23)12-5-7-13(8-6-12)20-10-3-4-15(20)22/h2,5-8H,1,3-4,9-11H2,(H2,18,19,21,24). The van der Waals surface area contributed by atoms with Crippen molar-refractivity contribution >= 4 is 29.5 Å². The molecular formula is C17H19N3O5. The van der Waals surface area contributed by atoms with Gasteiger partial charge in [-0.25, -0.2) is 9.59 Å². The van der Waals surface area contributed by atoms with Crippen LogP contribution in [0, 0.1) is 0 Å². The van der Waals surface area contributed by atoms with Crippen molar-refractivity contribution < 1.29 is 23.9 Å². The number of carbonyl (C=O) groups excluding carboxylic acids is 4. The van der Waals surface area contributed by atoms with E-state index in [4.69, 9.17) is 4.74 Å². The molecule has 1 aromatic rings. The van der Waals surface area contributed by atoms with Crippen molar-refractivity contribution in [3.8, 4) is 0 Å². The van der Waals surface area contributed by atoms with Crippen molar-refractivity contribution in [1.82, 2.24) is 10.6 Å². The van der Waals surface area contributed by atoms with Gasteiger partial charge in [0.1, 0.15) is 0 Å². The summed E-state index contributed by atoms with van der Waals surface area (Å²) in [6.07, 6.45) is 2.81. The second-order valence-corrected chi connectivity index (χ2v) is 5.32. The summed E-state index contributed by atoms with van der Waals surface area (Å²) < 4.78 is 4.85. The molecule has 0 atom stereocenters. The quantitative estimate of drug-likeness (QED) is 0.591. The smallest absolute Gasteiger partial charge is 0.338 e. The molecule has 2 N–H and O–H groups in total. The molecule has 1 aliphatic rings. The molecule has 0 aliphatic carbocycles. The molecule has 1 aliphatic heterocycles. The van der Waals surface area contributed by atoms with E-state index in [0.29, 0.717) is 13.0 Å². The van der Waals surface area contributed by atoms with E-state index in [0.717, 1.165) is 12.1 Å². The zero-order valence-electron chi connectivity index (χ0n) is 13.6. The fourth-order valence-corrected chi connectivity index (χ4v) is 2.28. The normalized spacial score (nSPS) is 13.3. The van der Waals surface area contributed by atoms with Gasteiger partial charge in [0.25, 0.3) is 5.91 Å². The second kappa shape index (κ2) is 8.62. The molecular weight excluding hydrogens is 326 g/mol. The summed E-state index contributed by atoms with van der Waals surface area (Å²) in [5.41, 5.74) is 0.968. The lowest BCUT2D eigenvalue weighted by molar-refractivity contribution is -0.123. The number of carbonyl (C=O) groups is 4. The average molecular weight is 345 g/mol. The third-order valence-electron chi connectivity index (χ3n) is 3.48. The van der Waals surface area contributed by atoms with Crippen molar-refractivity contribution in [3.63, 3.8) is 0 Å². The lowest BCUT2D eigenvalue weighted by atomic mass is 10.2. The third kappa shape index (κ3) is 5.17. The van der Waals surface area contributed by atoms with E-state index in [2.05, 4.69) is 11.9 Å². The van der Waals surface area contributed by atoms with E-state index >= 15 is 0 Å². The van der Waals surface area contributed by atoms with Gasteiger partial charge < -0.3 is 15.0 Å². The number of benzene rings is 1. The molecule has 1 fully saturated rings. The molecule has 8 heteroatoms. The Morgan fingerprint density at radius 3 is 2.56 bits per heavy atom. The van der Waals surface area contributed by atoms with E-state index < -0.39 is 24.5 Å². The summed E-state index contributed by atoms with van der Waals surface area (Å²) in [6.45, 7) is 3.72. The monoisotopic (exact) mass is 345 g/mol. The Kier molecular flexibility index (Phi) is 6.27. The maximum absolute atomic E-state index is 11.9. The Balaban J connectivity index is 1.82. The van der Waals surface area contributed by atoms with Crippen LogP contribution in [0.5, 0.6) is 0 Å². The molecule has 4 amide bonds. The van der Waals surface area contributed by atoms with Gasteiger partial charge in [0.15, 0.2) is 6.61 Å². The summed E-state index contributed by atoms with van der Waals surface area (Å²) in [5, 5.41) is 4.37. The minimum Gasteiger partial charge on any atom is -0.452 e. The molecule has 25 heavy (non-hydrogen) atoms. The van der Waals surface area contributed by atoms with Crippen LogP contribution in [-0.4, -0.2) is 43.5 Å². The van der Waals surface area contributed by atoms with Gasteiger partial charge in [-0.05, 0) is 30.7 Å². The summed E-state index contributed by atoms with van der Waals surface area (Å²) in [4.78, 5) is 48.0. The summed E-state index contributed by atoms with van der Waals surface area (Å²) in [6, 6.07) is 5.67. The van der Waals surface area contributed by atoms with Crippen LogP contribution in [0.2, 0.25) is 0 Å². The third-order valence-corrected chi connectivity index (χ3v) is 3.48. The number of imide groups is 1. The Hall–Kier alpha value is -3.16. The largest absolute Gasteiger partial charge is 0.452 e. The fraction of sp³-hybridized carbons (Fsp3) is 0.294. The first-order chi connectivity index (χ1) is 12.0. The van der Waals surface area contributed by atoms with Gasteiger partial charge in [0.05, 0.1) is 5.56 Å². The topological polar surface area (TPSA) is 105 Å². The average Bonchev–Trinajstić information content (AvgIpc) is 3.04. The van der Waals surface area contributed by atoms with Crippen LogP contribution in [0.15, 0.2) is 36.9 Å². The van der Waals surface area contributed by atoms with Crippen molar-refractivity contribution in [2.24, 2.45) is 0 Å². The number of hydrogen-bond donors (Lipinski definition) is 2. The van der Waals surface area contributed by atoms with Crippen LogP contribution in [0.3, 0.4) is 0 Å². The van der Waals surface area contributed by atoms with Crippen molar-refractivity contribution in [3.05, 3.63) is 42.5 Å².